The highest BCUT2D eigenvalue weighted by Gasteiger charge is 2.15. The van der Waals surface area contributed by atoms with Crippen molar-refractivity contribution in [3.05, 3.63) is 40.4 Å². The average Bonchev–Trinajstić information content (AvgIpc) is 2.90. The van der Waals surface area contributed by atoms with E-state index in [-0.39, 0.29) is 5.92 Å². The van der Waals surface area contributed by atoms with Gasteiger partial charge in [0.25, 0.3) is 0 Å². The number of rotatable bonds is 4. The molecule has 0 saturated carbocycles. The smallest absolute Gasteiger partial charge is 0.131 e. The molecule has 1 atom stereocenters. The topological polar surface area (TPSA) is 43.0 Å². The molecular formula is C14H20ClN3O. The van der Waals surface area contributed by atoms with Gasteiger partial charge in [-0.1, -0.05) is 25.4 Å². The van der Waals surface area contributed by atoms with Crippen LogP contribution in [-0.2, 0) is 13.6 Å². The summed E-state index contributed by atoms with van der Waals surface area (Å²) < 4.78 is 3.70. The SMILES string of the molecule is Cc1nn(C)c(Cl)c1Cn1ccc(C(O)C(C)C)c1. The highest BCUT2D eigenvalue weighted by molar-refractivity contribution is 6.30. The number of halogens is 1. The zero-order valence-electron chi connectivity index (χ0n) is 11.8. The molecule has 2 aromatic rings. The van der Waals surface area contributed by atoms with E-state index in [4.69, 9.17) is 11.6 Å². The van der Waals surface area contributed by atoms with Gasteiger partial charge >= 0.3 is 0 Å². The van der Waals surface area contributed by atoms with Gasteiger partial charge in [0, 0.05) is 25.0 Å². The minimum atomic E-state index is -0.424. The number of aromatic nitrogens is 3. The fourth-order valence-electron chi connectivity index (χ4n) is 2.15. The molecule has 0 fully saturated rings. The predicted molar refractivity (Wildman–Crippen MR) is 76.3 cm³/mol. The van der Waals surface area contributed by atoms with Crippen molar-refractivity contribution in [2.45, 2.75) is 33.4 Å². The lowest BCUT2D eigenvalue weighted by Gasteiger charge is -2.12. The fraction of sp³-hybridized carbons (Fsp3) is 0.500. The molecule has 1 unspecified atom stereocenters. The molecule has 0 aromatic carbocycles. The van der Waals surface area contributed by atoms with E-state index in [9.17, 15) is 5.11 Å². The second-order valence-corrected chi connectivity index (χ2v) is 5.64. The van der Waals surface area contributed by atoms with E-state index in [1.807, 2.05) is 50.8 Å². The van der Waals surface area contributed by atoms with E-state index in [0.717, 1.165) is 16.8 Å². The zero-order chi connectivity index (χ0) is 14.2. The van der Waals surface area contributed by atoms with Gasteiger partial charge in [0.05, 0.1) is 18.3 Å². The lowest BCUT2D eigenvalue weighted by Crippen LogP contribution is -2.04. The van der Waals surface area contributed by atoms with Crippen LogP contribution in [-0.4, -0.2) is 19.5 Å². The van der Waals surface area contributed by atoms with Crippen molar-refractivity contribution in [3.8, 4) is 0 Å². The number of aliphatic hydroxyl groups is 1. The van der Waals surface area contributed by atoms with Crippen LogP contribution < -0.4 is 0 Å². The highest BCUT2D eigenvalue weighted by Crippen LogP contribution is 2.24. The standard InChI is InChI=1S/C14H20ClN3O/c1-9(2)13(19)11-5-6-18(7-11)8-12-10(3)16-17(4)14(12)15/h5-7,9,13,19H,8H2,1-4H3. The Hall–Kier alpha value is -1.26. The van der Waals surface area contributed by atoms with E-state index in [2.05, 4.69) is 5.10 Å². The van der Waals surface area contributed by atoms with Crippen molar-refractivity contribution in [3.63, 3.8) is 0 Å². The molecule has 0 bridgehead atoms. The van der Waals surface area contributed by atoms with Crippen molar-refractivity contribution in [2.24, 2.45) is 13.0 Å². The second-order valence-electron chi connectivity index (χ2n) is 5.28. The summed E-state index contributed by atoms with van der Waals surface area (Å²) >= 11 is 6.22. The van der Waals surface area contributed by atoms with Gasteiger partial charge in [0.15, 0.2) is 0 Å². The molecule has 0 spiro atoms. The molecule has 1 N–H and O–H groups in total. The summed E-state index contributed by atoms with van der Waals surface area (Å²) in [6.07, 6.45) is 3.50. The molecular weight excluding hydrogens is 262 g/mol. The molecule has 2 heterocycles. The predicted octanol–water partition coefficient (Wildman–Crippen LogP) is 2.92. The minimum absolute atomic E-state index is 0.208. The maximum atomic E-state index is 10.0. The largest absolute Gasteiger partial charge is 0.388 e. The van der Waals surface area contributed by atoms with Gasteiger partial charge in [0.2, 0.25) is 0 Å². The van der Waals surface area contributed by atoms with Crippen molar-refractivity contribution >= 4 is 11.6 Å². The molecule has 19 heavy (non-hydrogen) atoms. The summed E-state index contributed by atoms with van der Waals surface area (Å²) in [5.41, 5.74) is 2.89. The van der Waals surface area contributed by atoms with Crippen LogP contribution in [0, 0.1) is 12.8 Å². The summed E-state index contributed by atoms with van der Waals surface area (Å²) in [6.45, 7) is 6.63. The van der Waals surface area contributed by atoms with Crippen molar-refractivity contribution in [1.29, 1.82) is 0 Å². The molecule has 0 aliphatic rings. The van der Waals surface area contributed by atoms with Gasteiger partial charge in [-0.15, -0.1) is 0 Å². The highest BCUT2D eigenvalue weighted by atomic mass is 35.5. The first-order chi connectivity index (χ1) is 8.90. The Labute approximate surface area is 118 Å². The third-order valence-electron chi connectivity index (χ3n) is 3.36. The molecule has 5 heteroatoms. The second kappa shape index (κ2) is 5.39. The Kier molecular flexibility index (Phi) is 4.02. The van der Waals surface area contributed by atoms with Gasteiger partial charge in [-0.25, -0.2) is 0 Å². The van der Waals surface area contributed by atoms with Crippen molar-refractivity contribution < 1.29 is 5.11 Å². The van der Waals surface area contributed by atoms with Crippen molar-refractivity contribution in [1.82, 2.24) is 14.3 Å². The number of hydrogen-bond acceptors (Lipinski definition) is 2. The van der Waals surface area contributed by atoms with E-state index in [1.54, 1.807) is 4.68 Å². The molecule has 2 rings (SSSR count). The summed E-state index contributed by atoms with van der Waals surface area (Å²) in [5.74, 6) is 0.208. The molecule has 104 valence electrons. The van der Waals surface area contributed by atoms with Crippen LogP contribution in [0.4, 0.5) is 0 Å². The quantitative estimate of drug-likeness (QED) is 0.936. The van der Waals surface area contributed by atoms with Gasteiger partial charge in [-0.3, -0.25) is 4.68 Å². The average molecular weight is 282 g/mol. The minimum Gasteiger partial charge on any atom is -0.388 e. The Balaban J connectivity index is 2.20. The van der Waals surface area contributed by atoms with E-state index >= 15 is 0 Å². The first kappa shape index (κ1) is 14.2. The number of hydrogen-bond donors (Lipinski definition) is 1. The zero-order valence-corrected chi connectivity index (χ0v) is 12.5. The Morgan fingerprint density at radius 1 is 1.42 bits per heavy atom. The normalized spacial score (nSPS) is 13.2. The van der Waals surface area contributed by atoms with Gasteiger partial charge in [0.1, 0.15) is 5.15 Å². The molecule has 4 nitrogen and oxygen atoms in total. The lowest BCUT2D eigenvalue weighted by atomic mass is 10.0. The third kappa shape index (κ3) is 2.85. The molecule has 0 aliphatic heterocycles. The third-order valence-corrected chi connectivity index (χ3v) is 3.83. The van der Waals surface area contributed by atoms with Crippen molar-refractivity contribution in [2.75, 3.05) is 0 Å². The van der Waals surface area contributed by atoms with Gasteiger partial charge in [-0.2, -0.15) is 5.10 Å². The first-order valence-corrected chi connectivity index (χ1v) is 6.79. The number of nitrogens with zero attached hydrogens (tertiary/aromatic N) is 3. The fourth-order valence-corrected chi connectivity index (χ4v) is 2.39. The van der Waals surface area contributed by atoms with Crippen LogP contribution in [0.2, 0.25) is 5.15 Å². The lowest BCUT2D eigenvalue weighted by molar-refractivity contribution is 0.127. The Morgan fingerprint density at radius 2 is 2.11 bits per heavy atom. The first-order valence-electron chi connectivity index (χ1n) is 6.42. The van der Waals surface area contributed by atoms with Crippen LogP contribution in [0.25, 0.3) is 0 Å². The maximum absolute atomic E-state index is 10.0. The van der Waals surface area contributed by atoms with Crippen LogP contribution in [0.1, 0.15) is 36.8 Å². The monoisotopic (exact) mass is 281 g/mol. The van der Waals surface area contributed by atoms with Crippen LogP contribution >= 0.6 is 11.6 Å². The van der Waals surface area contributed by atoms with Crippen LogP contribution in [0.15, 0.2) is 18.5 Å². The number of aryl methyl sites for hydroxylation is 2. The summed E-state index contributed by atoms with van der Waals surface area (Å²) in [4.78, 5) is 0. The molecule has 0 radical (unpaired) electrons. The molecule has 0 aliphatic carbocycles. The molecule has 2 aromatic heterocycles. The summed E-state index contributed by atoms with van der Waals surface area (Å²) in [5, 5.41) is 15.0. The van der Waals surface area contributed by atoms with E-state index < -0.39 is 6.10 Å². The maximum Gasteiger partial charge on any atom is 0.131 e. The van der Waals surface area contributed by atoms with Crippen LogP contribution in [0.5, 0.6) is 0 Å². The van der Waals surface area contributed by atoms with E-state index in [1.165, 1.54) is 0 Å². The van der Waals surface area contributed by atoms with Crippen LogP contribution in [0.3, 0.4) is 0 Å². The summed E-state index contributed by atoms with van der Waals surface area (Å²) in [7, 11) is 1.84. The van der Waals surface area contributed by atoms with E-state index in [0.29, 0.717) is 11.7 Å². The summed E-state index contributed by atoms with van der Waals surface area (Å²) in [6, 6.07) is 1.95. The molecule has 0 amide bonds. The van der Waals surface area contributed by atoms with Gasteiger partial charge < -0.3 is 9.67 Å². The molecule has 0 saturated heterocycles. The van der Waals surface area contributed by atoms with Gasteiger partial charge in [-0.05, 0) is 24.5 Å². The number of aliphatic hydroxyl groups excluding tert-OH is 1. The Bertz CT molecular complexity index is 571. The Morgan fingerprint density at radius 3 is 2.63 bits per heavy atom.